The molecule has 1 aromatic rings. The van der Waals surface area contributed by atoms with E-state index >= 15 is 0 Å². The summed E-state index contributed by atoms with van der Waals surface area (Å²) in [6, 6.07) is 0. The molecular weight excluding hydrogens is 186 g/mol. The molecule has 0 bridgehead atoms. The van der Waals surface area contributed by atoms with E-state index in [2.05, 4.69) is 20.3 Å². The van der Waals surface area contributed by atoms with E-state index < -0.39 is 11.9 Å². The zero-order valence-electron chi connectivity index (χ0n) is 7.74. The van der Waals surface area contributed by atoms with Gasteiger partial charge in [0.1, 0.15) is 6.42 Å². The van der Waals surface area contributed by atoms with Crippen molar-refractivity contribution in [2.75, 3.05) is 11.9 Å². The number of nitrogens with one attached hydrogen (secondary N) is 2. The molecule has 0 aliphatic carbocycles. The van der Waals surface area contributed by atoms with Gasteiger partial charge in [0.25, 0.3) is 0 Å². The summed E-state index contributed by atoms with van der Waals surface area (Å²) in [5.74, 6) is -0.946. The summed E-state index contributed by atoms with van der Waals surface area (Å²) in [5.41, 5.74) is 0.527. The van der Waals surface area contributed by atoms with Crippen molar-refractivity contribution in [1.29, 1.82) is 0 Å². The van der Waals surface area contributed by atoms with Crippen LogP contribution >= 0.6 is 0 Å². The van der Waals surface area contributed by atoms with Crippen LogP contribution in [-0.4, -0.2) is 28.7 Å². The van der Waals surface area contributed by atoms with Gasteiger partial charge in [-0.2, -0.15) is 5.10 Å². The maximum absolute atomic E-state index is 11.1. The van der Waals surface area contributed by atoms with E-state index in [1.165, 1.54) is 12.4 Å². The molecule has 1 heterocycles. The van der Waals surface area contributed by atoms with Crippen LogP contribution < -0.4 is 5.32 Å². The van der Waals surface area contributed by atoms with Gasteiger partial charge < -0.3 is 10.1 Å². The van der Waals surface area contributed by atoms with E-state index in [4.69, 9.17) is 0 Å². The van der Waals surface area contributed by atoms with E-state index in [0.717, 1.165) is 0 Å². The molecule has 0 fully saturated rings. The minimum Gasteiger partial charge on any atom is -0.466 e. The Labute approximate surface area is 80.6 Å². The molecule has 1 aromatic heterocycles. The number of hydrogen-bond acceptors (Lipinski definition) is 4. The topological polar surface area (TPSA) is 84.1 Å². The summed E-state index contributed by atoms with van der Waals surface area (Å²) < 4.78 is 4.61. The van der Waals surface area contributed by atoms with Crippen molar-refractivity contribution in [3.8, 4) is 0 Å². The Morgan fingerprint density at radius 2 is 2.43 bits per heavy atom. The monoisotopic (exact) mass is 197 g/mol. The predicted molar refractivity (Wildman–Crippen MR) is 48.5 cm³/mol. The van der Waals surface area contributed by atoms with Crippen molar-refractivity contribution >= 4 is 17.6 Å². The summed E-state index contributed by atoms with van der Waals surface area (Å²) >= 11 is 0. The standard InChI is InChI=1S/C8H11N3O3/c1-2-14-8(13)3-7(12)11-6-4-9-10-5-6/h4-5H,2-3H2,1H3,(H,9,10)(H,11,12). The van der Waals surface area contributed by atoms with Crippen LogP contribution in [0.15, 0.2) is 12.4 Å². The zero-order valence-corrected chi connectivity index (χ0v) is 7.74. The average molecular weight is 197 g/mol. The Hall–Kier alpha value is -1.85. The minimum atomic E-state index is -0.534. The second-order valence-electron chi connectivity index (χ2n) is 2.52. The molecule has 6 heteroatoms. The number of aromatic nitrogens is 2. The molecule has 0 aliphatic rings. The number of anilines is 1. The van der Waals surface area contributed by atoms with Gasteiger partial charge in [-0.15, -0.1) is 0 Å². The first-order chi connectivity index (χ1) is 6.72. The predicted octanol–water partition coefficient (Wildman–Crippen LogP) is 0.301. The fraction of sp³-hybridized carbons (Fsp3) is 0.375. The van der Waals surface area contributed by atoms with Crippen LogP contribution in [0.25, 0.3) is 0 Å². The van der Waals surface area contributed by atoms with Crippen LogP contribution in [0.1, 0.15) is 13.3 Å². The lowest BCUT2D eigenvalue weighted by Gasteiger charge is -2.01. The van der Waals surface area contributed by atoms with Crippen molar-refractivity contribution in [2.45, 2.75) is 13.3 Å². The van der Waals surface area contributed by atoms with Gasteiger partial charge in [-0.3, -0.25) is 14.7 Å². The summed E-state index contributed by atoms with van der Waals surface area (Å²) in [7, 11) is 0. The third-order valence-electron chi connectivity index (χ3n) is 1.39. The fourth-order valence-electron chi connectivity index (χ4n) is 0.868. The van der Waals surface area contributed by atoms with Crippen molar-refractivity contribution < 1.29 is 14.3 Å². The summed E-state index contributed by atoms with van der Waals surface area (Å²) in [6.45, 7) is 1.96. The molecule has 0 aliphatic heterocycles. The van der Waals surface area contributed by atoms with E-state index in [0.29, 0.717) is 5.69 Å². The van der Waals surface area contributed by atoms with Crippen molar-refractivity contribution in [3.05, 3.63) is 12.4 Å². The van der Waals surface area contributed by atoms with Gasteiger partial charge in [0.15, 0.2) is 0 Å². The van der Waals surface area contributed by atoms with Gasteiger partial charge in [0, 0.05) is 6.20 Å². The van der Waals surface area contributed by atoms with Crippen LogP contribution in [0.2, 0.25) is 0 Å². The highest BCUT2D eigenvalue weighted by Gasteiger charge is 2.10. The quantitative estimate of drug-likeness (QED) is 0.537. The molecule has 0 spiro atoms. The van der Waals surface area contributed by atoms with Crippen LogP contribution in [0.5, 0.6) is 0 Å². The van der Waals surface area contributed by atoms with E-state index in [9.17, 15) is 9.59 Å². The number of carbonyl (C=O) groups is 2. The van der Waals surface area contributed by atoms with Gasteiger partial charge in [0.05, 0.1) is 18.5 Å². The summed E-state index contributed by atoms with van der Waals surface area (Å²) in [4.78, 5) is 22.0. The Balaban J connectivity index is 2.33. The number of hydrogen-bond donors (Lipinski definition) is 2. The first-order valence-corrected chi connectivity index (χ1v) is 4.16. The average Bonchev–Trinajstić information content (AvgIpc) is 2.56. The number of ether oxygens (including phenoxy) is 1. The highest BCUT2D eigenvalue weighted by Crippen LogP contribution is 2.01. The lowest BCUT2D eigenvalue weighted by atomic mass is 10.4. The SMILES string of the molecule is CCOC(=O)CC(=O)Nc1cn[nH]c1. The zero-order chi connectivity index (χ0) is 10.4. The molecule has 0 atom stereocenters. The largest absolute Gasteiger partial charge is 0.466 e. The third kappa shape index (κ3) is 3.26. The van der Waals surface area contributed by atoms with E-state index in [1.807, 2.05) is 0 Å². The highest BCUT2D eigenvalue weighted by atomic mass is 16.5. The maximum atomic E-state index is 11.1. The van der Waals surface area contributed by atoms with Gasteiger partial charge in [-0.25, -0.2) is 0 Å². The van der Waals surface area contributed by atoms with Gasteiger partial charge in [0.2, 0.25) is 5.91 Å². The molecule has 1 amide bonds. The lowest BCUT2D eigenvalue weighted by molar-refractivity contribution is -0.145. The summed E-state index contributed by atoms with van der Waals surface area (Å²) in [6.07, 6.45) is 2.69. The Morgan fingerprint density at radius 1 is 1.64 bits per heavy atom. The highest BCUT2D eigenvalue weighted by molar-refractivity contribution is 6.01. The normalized spacial score (nSPS) is 9.50. The third-order valence-corrected chi connectivity index (χ3v) is 1.39. The molecule has 0 unspecified atom stereocenters. The minimum absolute atomic E-state index is 0.276. The van der Waals surface area contributed by atoms with E-state index in [-0.39, 0.29) is 13.0 Å². The lowest BCUT2D eigenvalue weighted by Crippen LogP contribution is -2.17. The smallest absolute Gasteiger partial charge is 0.315 e. The molecule has 0 radical (unpaired) electrons. The number of rotatable bonds is 4. The number of esters is 1. The second kappa shape index (κ2) is 5.00. The molecule has 76 valence electrons. The van der Waals surface area contributed by atoms with Crippen molar-refractivity contribution in [3.63, 3.8) is 0 Å². The number of carbonyl (C=O) groups excluding carboxylic acids is 2. The fourth-order valence-corrected chi connectivity index (χ4v) is 0.868. The Bertz CT molecular complexity index is 308. The van der Waals surface area contributed by atoms with Crippen LogP contribution in [0.4, 0.5) is 5.69 Å². The number of H-pyrrole nitrogens is 1. The molecule has 14 heavy (non-hydrogen) atoms. The molecule has 2 N–H and O–H groups in total. The number of amides is 1. The molecule has 0 saturated heterocycles. The maximum Gasteiger partial charge on any atom is 0.315 e. The first kappa shape index (κ1) is 10.2. The Morgan fingerprint density at radius 3 is 3.00 bits per heavy atom. The molecule has 0 aromatic carbocycles. The number of nitrogens with zero attached hydrogens (tertiary/aromatic N) is 1. The summed E-state index contributed by atoms with van der Waals surface area (Å²) in [5, 5.41) is 8.65. The van der Waals surface area contributed by atoms with Crippen molar-refractivity contribution in [1.82, 2.24) is 10.2 Å². The van der Waals surface area contributed by atoms with Crippen LogP contribution in [0.3, 0.4) is 0 Å². The van der Waals surface area contributed by atoms with Gasteiger partial charge in [-0.1, -0.05) is 0 Å². The Kier molecular flexibility index (Phi) is 3.66. The number of aromatic amines is 1. The van der Waals surface area contributed by atoms with Crippen molar-refractivity contribution in [2.24, 2.45) is 0 Å². The molecule has 1 rings (SSSR count). The molecular formula is C8H11N3O3. The van der Waals surface area contributed by atoms with Crippen LogP contribution in [-0.2, 0) is 14.3 Å². The molecule has 0 saturated carbocycles. The second-order valence-corrected chi connectivity index (χ2v) is 2.52. The van der Waals surface area contributed by atoms with Crippen LogP contribution in [0, 0.1) is 0 Å². The van der Waals surface area contributed by atoms with E-state index in [1.54, 1.807) is 6.92 Å². The van der Waals surface area contributed by atoms with Gasteiger partial charge >= 0.3 is 5.97 Å². The first-order valence-electron chi connectivity index (χ1n) is 4.16. The molecule has 6 nitrogen and oxygen atoms in total. The van der Waals surface area contributed by atoms with Gasteiger partial charge in [-0.05, 0) is 6.92 Å².